The van der Waals surface area contributed by atoms with Gasteiger partial charge in [-0.15, -0.1) is 11.3 Å². The van der Waals surface area contributed by atoms with Crippen molar-refractivity contribution in [1.82, 2.24) is 4.98 Å². The van der Waals surface area contributed by atoms with Crippen molar-refractivity contribution in [3.8, 4) is 5.75 Å². The third-order valence-corrected chi connectivity index (χ3v) is 3.89. The number of hydrogen-bond acceptors (Lipinski definition) is 6. The highest BCUT2D eigenvalue weighted by molar-refractivity contribution is 7.14. The normalized spacial score (nSPS) is 10.5. The zero-order chi connectivity index (χ0) is 18.8. The number of carbonyl (C=O) groups is 2. The van der Waals surface area contributed by atoms with E-state index in [4.69, 9.17) is 9.47 Å². The molecule has 26 heavy (non-hydrogen) atoms. The second-order valence-electron chi connectivity index (χ2n) is 5.12. The van der Waals surface area contributed by atoms with Crippen molar-refractivity contribution in [1.29, 1.82) is 0 Å². The average Bonchev–Trinajstić information content (AvgIpc) is 3.06. The fraction of sp³-hybridized carbons (Fsp3) is 0.211. The number of esters is 1. The van der Waals surface area contributed by atoms with Crippen LogP contribution in [0.1, 0.15) is 18.2 Å². The summed E-state index contributed by atoms with van der Waals surface area (Å²) in [5.41, 5.74) is 1.44. The molecule has 0 saturated heterocycles. The Labute approximate surface area is 156 Å². The van der Waals surface area contributed by atoms with Gasteiger partial charge in [0.05, 0.1) is 18.7 Å². The molecule has 2 aromatic rings. The smallest absolute Gasteiger partial charge is 0.311 e. The quantitative estimate of drug-likeness (QED) is 0.414. The first kappa shape index (κ1) is 19.4. The summed E-state index contributed by atoms with van der Waals surface area (Å²) in [5, 5.41) is 4.83. The Morgan fingerprint density at radius 3 is 2.77 bits per heavy atom. The first-order valence-corrected chi connectivity index (χ1v) is 8.91. The van der Waals surface area contributed by atoms with Crippen LogP contribution in [0, 0.1) is 0 Å². The number of hydrogen-bond donors (Lipinski definition) is 1. The van der Waals surface area contributed by atoms with E-state index in [1.165, 1.54) is 17.4 Å². The van der Waals surface area contributed by atoms with Crippen molar-refractivity contribution in [2.24, 2.45) is 0 Å². The van der Waals surface area contributed by atoms with Crippen LogP contribution in [0.3, 0.4) is 0 Å². The van der Waals surface area contributed by atoms with Crippen LogP contribution in [0.5, 0.6) is 5.75 Å². The summed E-state index contributed by atoms with van der Waals surface area (Å²) >= 11 is 1.26. The van der Waals surface area contributed by atoms with Gasteiger partial charge in [-0.05, 0) is 30.7 Å². The number of anilines is 1. The van der Waals surface area contributed by atoms with Crippen LogP contribution in [-0.4, -0.2) is 30.1 Å². The molecular formula is C19H20N2O4S. The highest BCUT2D eigenvalue weighted by Crippen LogP contribution is 2.17. The van der Waals surface area contributed by atoms with Crippen LogP contribution in [0.2, 0.25) is 0 Å². The summed E-state index contributed by atoms with van der Waals surface area (Å²) in [6.45, 7) is 6.12. The molecule has 6 nitrogen and oxygen atoms in total. The van der Waals surface area contributed by atoms with Gasteiger partial charge in [0.1, 0.15) is 12.4 Å². The first-order valence-electron chi connectivity index (χ1n) is 8.03. The summed E-state index contributed by atoms with van der Waals surface area (Å²) < 4.78 is 10.3. The number of carbonyl (C=O) groups excluding carboxylic acids is 2. The number of benzene rings is 1. The fourth-order valence-corrected chi connectivity index (χ4v) is 2.67. The number of thiazole rings is 1. The molecule has 1 N–H and O–H groups in total. The van der Waals surface area contributed by atoms with Crippen molar-refractivity contribution in [3.05, 3.63) is 59.6 Å². The predicted molar refractivity (Wildman–Crippen MR) is 102 cm³/mol. The van der Waals surface area contributed by atoms with E-state index < -0.39 is 0 Å². The van der Waals surface area contributed by atoms with Gasteiger partial charge in [0.15, 0.2) is 5.13 Å². The van der Waals surface area contributed by atoms with Gasteiger partial charge >= 0.3 is 5.97 Å². The Kier molecular flexibility index (Phi) is 7.57. The molecule has 0 aliphatic heterocycles. The molecule has 0 aliphatic carbocycles. The molecule has 0 saturated carbocycles. The van der Waals surface area contributed by atoms with Gasteiger partial charge in [-0.2, -0.15) is 0 Å². The van der Waals surface area contributed by atoms with Gasteiger partial charge in [-0.25, -0.2) is 4.98 Å². The van der Waals surface area contributed by atoms with Gasteiger partial charge in [0, 0.05) is 11.5 Å². The monoisotopic (exact) mass is 372 g/mol. The summed E-state index contributed by atoms with van der Waals surface area (Å²) in [5.74, 6) is 0.105. The third kappa shape index (κ3) is 6.52. The molecule has 0 fully saturated rings. The summed E-state index contributed by atoms with van der Waals surface area (Å²) in [6.07, 6.45) is 4.89. The Morgan fingerprint density at radius 2 is 2.08 bits per heavy atom. The standard InChI is InChI=1S/C19H20N2O4S/c1-3-11-25-16-8-5-14(6-9-16)7-10-17(22)21-19-20-15(13-26-19)12-18(23)24-4-2/h3,5-10,13H,1,4,11-12H2,2H3,(H,20,21,22)/b10-7+. The summed E-state index contributed by atoms with van der Waals surface area (Å²) in [4.78, 5) is 27.6. The largest absolute Gasteiger partial charge is 0.490 e. The van der Waals surface area contributed by atoms with Crippen LogP contribution < -0.4 is 10.1 Å². The molecule has 2 rings (SSSR count). The predicted octanol–water partition coefficient (Wildman–Crippen LogP) is 3.47. The van der Waals surface area contributed by atoms with Crippen LogP contribution in [-0.2, 0) is 20.7 Å². The lowest BCUT2D eigenvalue weighted by Crippen LogP contribution is -2.09. The number of nitrogens with zero attached hydrogens (tertiary/aromatic N) is 1. The van der Waals surface area contributed by atoms with Crippen LogP contribution in [0.15, 0.2) is 48.4 Å². The maximum absolute atomic E-state index is 12.0. The minimum Gasteiger partial charge on any atom is -0.490 e. The number of nitrogens with one attached hydrogen (secondary N) is 1. The van der Waals surface area contributed by atoms with E-state index in [-0.39, 0.29) is 18.3 Å². The fourth-order valence-electron chi connectivity index (χ4n) is 1.95. The second kappa shape index (κ2) is 10.1. The van der Waals surface area contributed by atoms with Crippen LogP contribution in [0.4, 0.5) is 5.13 Å². The molecule has 1 aromatic heterocycles. The zero-order valence-electron chi connectivity index (χ0n) is 14.4. The Morgan fingerprint density at radius 1 is 1.31 bits per heavy atom. The first-order chi connectivity index (χ1) is 12.6. The molecule has 0 bridgehead atoms. The number of aromatic nitrogens is 1. The second-order valence-corrected chi connectivity index (χ2v) is 5.98. The van der Waals surface area contributed by atoms with E-state index >= 15 is 0 Å². The SMILES string of the molecule is C=CCOc1ccc(/C=C/C(=O)Nc2nc(CC(=O)OCC)cs2)cc1. The van der Waals surface area contributed by atoms with E-state index in [0.29, 0.717) is 24.0 Å². The minimum atomic E-state index is -0.337. The van der Waals surface area contributed by atoms with Gasteiger partial charge in [-0.3, -0.25) is 14.9 Å². The lowest BCUT2D eigenvalue weighted by atomic mass is 10.2. The molecule has 0 unspecified atom stereocenters. The van der Waals surface area contributed by atoms with Crippen molar-refractivity contribution < 1.29 is 19.1 Å². The van der Waals surface area contributed by atoms with Gasteiger partial charge in [-0.1, -0.05) is 24.8 Å². The van der Waals surface area contributed by atoms with Crippen LogP contribution >= 0.6 is 11.3 Å². The maximum Gasteiger partial charge on any atom is 0.311 e. The minimum absolute atomic E-state index is 0.0936. The molecule has 1 heterocycles. The van der Waals surface area contributed by atoms with E-state index in [9.17, 15) is 9.59 Å². The van der Waals surface area contributed by atoms with Gasteiger partial charge in [0.25, 0.3) is 0 Å². The Hall–Kier alpha value is -2.93. The molecule has 0 radical (unpaired) electrons. The van der Waals surface area contributed by atoms with Gasteiger partial charge < -0.3 is 9.47 Å². The van der Waals surface area contributed by atoms with Gasteiger partial charge in [0.2, 0.25) is 5.91 Å². The van der Waals surface area contributed by atoms with Crippen molar-refractivity contribution in [2.75, 3.05) is 18.5 Å². The lowest BCUT2D eigenvalue weighted by Gasteiger charge is -2.02. The van der Waals surface area contributed by atoms with Crippen LogP contribution in [0.25, 0.3) is 6.08 Å². The number of amides is 1. The van der Waals surface area contributed by atoms with Crippen molar-refractivity contribution in [3.63, 3.8) is 0 Å². The highest BCUT2D eigenvalue weighted by Gasteiger charge is 2.09. The van der Waals surface area contributed by atoms with E-state index in [1.807, 2.05) is 24.3 Å². The van der Waals surface area contributed by atoms with E-state index in [1.54, 1.807) is 24.5 Å². The highest BCUT2D eigenvalue weighted by atomic mass is 32.1. The topological polar surface area (TPSA) is 77.5 Å². The van der Waals surface area contributed by atoms with Crippen molar-refractivity contribution in [2.45, 2.75) is 13.3 Å². The summed E-state index contributed by atoms with van der Waals surface area (Å²) in [7, 11) is 0. The lowest BCUT2D eigenvalue weighted by molar-refractivity contribution is -0.142. The molecule has 7 heteroatoms. The maximum atomic E-state index is 12.0. The van der Waals surface area contributed by atoms with Crippen molar-refractivity contribution >= 4 is 34.4 Å². The molecule has 0 aliphatic rings. The third-order valence-electron chi connectivity index (χ3n) is 3.09. The molecule has 136 valence electrons. The van der Waals surface area contributed by atoms with E-state index in [2.05, 4.69) is 16.9 Å². The Balaban J connectivity index is 1.86. The van der Waals surface area contributed by atoms with E-state index in [0.717, 1.165) is 11.3 Å². The average molecular weight is 372 g/mol. The number of rotatable bonds is 9. The molecule has 0 atom stereocenters. The molecule has 1 amide bonds. The molecule has 0 spiro atoms. The zero-order valence-corrected chi connectivity index (χ0v) is 15.3. The molecule has 1 aromatic carbocycles. The number of ether oxygens (including phenoxy) is 2. The molecular weight excluding hydrogens is 352 g/mol. The summed E-state index contributed by atoms with van der Waals surface area (Å²) in [6, 6.07) is 7.35. The Bertz CT molecular complexity index is 781.